The van der Waals surface area contributed by atoms with Crippen LogP contribution in [0.15, 0.2) is 158 Å². The van der Waals surface area contributed by atoms with Gasteiger partial charge in [-0.2, -0.15) is 19.6 Å². The summed E-state index contributed by atoms with van der Waals surface area (Å²) < 4.78 is 2.66. The van der Waals surface area contributed by atoms with Gasteiger partial charge >= 0.3 is 0 Å². The van der Waals surface area contributed by atoms with Crippen molar-refractivity contribution in [3.05, 3.63) is 199 Å². The summed E-state index contributed by atoms with van der Waals surface area (Å²) >= 11 is 37.0. The molecule has 0 spiro atoms. The van der Waals surface area contributed by atoms with E-state index in [2.05, 4.69) is 10.2 Å². The van der Waals surface area contributed by atoms with Gasteiger partial charge in [0, 0.05) is 32.3 Å². The Morgan fingerprint density at radius 1 is 0.375 bits per heavy atom. The molecule has 0 unspecified atom stereocenters. The number of aromatic nitrogens is 4. The van der Waals surface area contributed by atoms with Gasteiger partial charge in [-0.15, -0.1) is 0 Å². The quantitative estimate of drug-likeness (QED) is 0.167. The molecule has 0 saturated heterocycles. The van der Waals surface area contributed by atoms with E-state index in [1.165, 1.54) is 33.6 Å². The second-order valence-electron chi connectivity index (χ2n) is 12.2. The minimum absolute atomic E-state index is 0.160. The van der Waals surface area contributed by atoms with Gasteiger partial charge in [0.05, 0.1) is 54.0 Å². The molecule has 12 heteroatoms. The Hall–Kier alpha value is -5.18. The van der Waals surface area contributed by atoms with E-state index in [9.17, 15) is 9.59 Å². The highest BCUT2D eigenvalue weighted by Crippen LogP contribution is 2.34. The molecule has 2 heterocycles. The first-order chi connectivity index (χ1) is 27.1. The van der Waals surface area contributed by atoms with Crippen LogP contribution in [-0.4, -0.2) is 31.4 Å². The Morgan fingerprint density at radius 2 is 0.643 bits per heavy atom. The molecule has 8 aromatic rings. The summed E-state index contributed by atoms with van der Waals surface area (Å²) in [4.78, 5) is 26.7. The monoisotopic (exact) mass is 852 g/mol. The van der Waals surface area contributed by atoms with Gasteiger partial charge in [0.2, 0.25) is 0 Å². The maximum absolute atomic E-state index is 13.3. The first-order valence-electron chi connectivity index (χ1n) is 16.9. The lowest BCUT2D eigenvalue weighted by molar-refractivity contribution is 0.0940. The molecule has 0 saturated carbocycles. The fourth-order valence-corrected chi connectivity index (χ4v) is 7.86. The first kappa shape index (κ1) is 39.1. The second kappa shape index (κ2) is 17.3. The molecule has 0 aliphatic rings. The Morgan fingerprint density at radius 3 is 0.929 bits per heavy atom. The van der Waals surface area contributed by atoms with E-state index in [1.54, 1.807) is 0 Å². The number of carbonyl (C=O) groups excluding carboxylic acids is 2. The molecule has 276 valence electrons. The van der Waals surface area contributed by atoms with E-state index >= 15 is 0 Å². The molecule has 0 radical (unpaired) electrons. The van der Waals surface area contributed by atoms with Gasteiger partial charge in [-0.3, -0.25) is 9.59 Å². The van der Waals surface area contributed by atoms with Crippen molar-refractivity contribution < 1.29 is 9.59 Å². The van der Waals surface area contributed by atoms with Crippen molar-refractivity contribution in [1.29, 1.82) is 0 Å². The van der Waals surface area contributed by atoms with Gasteiger partial charge in [0.1, 0.15) is 0 Å². The highest BCUT2D eigenvalue weighted by molar-refractivity contribution is 6.43. The lowest BCUT2D eigenvalue weighted by Gasteiger charge is -2.10. The molecule has 0 atom stereocenters. The second-order valence-corrected chi connectivity index (χ2v) is 14.7. The van der Waals surface area contributed by atoms with Crippen molar-refractivity contribution in [3.63, 3.8) is 0 Å². The molecular weight excluding hydrogens is 829 g/mol. The molecule has 0 amide bonds. The summed E-state index contributed by atoms with van der Waals surface area (Å²) in [6.45, 7) is 0. The van der Waals surface area contributed by atoms with Crippen LogP contribution in [0, 0.1) is 0 Å². The van der Waals surface area contributed by atoms with Crippen LogP contribution in [0.2, 0.25) is 30.1 Å². The van der Waals surface area contributed by atoms with E-state index < -0.39 is 11.8 Å². The number of carbonyl (C=O) groups is 2. The molecule has 56 heavy (non-hydrogen) atoms. The van der Waals surface area contributed by atoms with Crippen molar-refractivity contribution in [2.45, 2.75) is 0 Å². The lowest BCUT2D eigenvalue weighted by atomic mass is 10.1. The highest BCUT2D eigenvalue weighted by Gasteiger charge is 2.25. The minimum Gasteiger partial charge on any atom is -0.267 e. The van der Waals surface area contributed by atoms with Gasteiger partial charge in [-0.1, -0.05) is 191 Å². The van der Waals surface area contributed by atoms with Gasteiger partial charge in [0.15, 0.2) is 0 Å². The zero-order chi connectivity index (χ0) is 39.3. The Kier molecular flexibility index (Phi) is 12.1. The predicted molar refractivity (Wildman–Crippen MR) is 229 cm³/mol. The predicted octanol–water partition coefficient (Wildman–Crippen LogP) is 13.7. The summed E-state index contributed by atoms with van der Waals surface area (Å²) in [7, 11) is 0. The fourth-order valence-electron chi connectivity index (χ4n) is 5.91. The summed E-state index contributed by atoms with van der Waals surface area (Å²) in [6, 6.07) is 48.1. The van der Waals surface area contributed by atoms with E-state index in [0.717, 1.165) is 22.3 Å². The summed E-state index contributed by atoms with van der Waals surface area (Å²) in [6.07, 6.45) is 0. The van der Waals surface area contributed by atoms with Crippen LogP contribution in [0.5, 0.6) is 0 Å². The van der Waals surface area contributed by atoms with Crippen LogP contribution in [-0.2, 0) is 0 Å². The third-order valence-electron chi connectivity index (χ3n) is 8.52. The number of halogens is 6. The largest absolute Gasteiger partial charge is 0.281 e. The van der Waals surface area contributed by atoms with Crippen molar-refractivity contribution in [2.24, 2.45) is 0 Å². The topological polar surface area (TPSA) is 69.8 Å². The van der Waals surface area contributed by atoms with Crippen molar-refractivity contribution in [2.75, 3.05) is 0 Å². The number of rotatable bonds is 6. The van der Waals surface area contributed by atoms with E-state index in [0.29, 0.717) is 32.8 Å². The minimum atomic E-state index is -0.423. The average molecular weight is 855 g/mol. The summed E-state index contributed by atoms with van der Waals surface area (Å²) in [5.41, 5.74) is 6.47. The van der Waals surface area contributed by atoms with Gasteiger partial charge in [-0.05, 0) is 36.4 Å². The smallest absolute Gasteiger partial charge is 0.267 e. The molecule has 0 bridgehead atoms. The maximum Gasteiger partial charge on any atom is 0.281 e. The summed E-state index contributed by atoms with van der Waals surface area (Å²) in [5.74, 6) is -0.847. The van der Waals surface area contributed by atoms with Gasteiger partial charge in [0.25, 0.3) is 11.8 Å². The molecule has 0 N–H and O–H groups in total. The standard InChI is InChI=1S/2C22H13Cl3N2O/c2*23-16-11-17(24)21(18(25)12-16)22(28)27-20(15-9-5-2-6-10-15)13-19(26-27)14-7-3-1-4-8-14/h2*1-13H. The van der Waals surface area contributed by atoms with E-state index in [1.807, 2.05) is 133 Å². The van der Waals surface area contributed by atoms with E-state index in [4.69, 9.17) is 69.6 Å². The van der Waals surface area contributed by atoms with Crippen molar-refractivity contribution in [1.82, 2.24) is 19.6 Å². The van der Waals surface area contributed by atoms with E-state index in [-0.39, 0.29) is 31.2 Å². The third kappa shape index (κ3) is 8.47. The van der Waals surface area contributed by atoms with Crippen LogP contribution >= 0.6 is 69.6 Å². The normalized spacial score (nSPS) is 10.8. The molecule has 2 aromatic heterocycles. The number of nitrogens with zero attached hydrogens (tertiary/aromatic N) is 4. The molecule has 8 rings (SSSR count). The van der Waals surface area contributed by atoms with Crippen LogP contribution in [0.25, 0.3) is 45.0 Å². The Labute approximate surface area is 352 Å². The zero-order valence-corrected chi connectivity index (χ0v) is 33.4. The Balaban J connectivity index is 0.000000172. The van der Waals surface area contributed by atoms with Gasteiger partial charge in [-0.25, -0.2) is 0 Å². The zero-order valence-electron chi connectivity index (χ0n) is 28.9. The SMILES string of the molecule is O=C(c1c(Cl)cc(Cl)cc1Cl)n1nc(-c2ccccc2)cc1-c1ccccc1.O=C(c1c(Cl)cc(Cl)cc1Cl)n1nc(-c2ccccc2)cc1-c1ccccc1. The molecule has 6 aromatic carbocycles. The van der Waals surface area contributed by atoms with Crippen LogP contribution < -0.4 is 0 Å². The van der Waals surface area contributed by atoms with Crippen LogP contribution in [0.3, 0.4) is 0 Å². The number of hydrogen-bond acceptors (Lipinski definition) is 4. The Bertz CT molecular complexity index is 2450. The average Bonchev–Trinajstić information content (AvgIpc) is 3.85. The van der Waals surface area contributed by atoms with Crippen molar-refractivity contribution >= 4 is 81.4 Å². The van der Waals surface area contributed by atoms with Crippen LogP contribution in [0.4, 0.5) is 0 Å². The molecular formula is C44H26Cl6N4O2. The lowest BCUT2D eigenvalue weighted by Crippen LogP contribution is -2.16. The number of benzene rings is 6. The fraction of sp³-hybridized carbons (Fsp3) is 0. The maximum atomic E-state index is 13.3. The molecule has 0 aliphatic heterocycles. The summed E-state index contributed by atoms with van der Waals surface area (Å²) in [5, 5.41) is 10.5. The number of hydrogen-bond donors (Lipinski definition) is 0. The van der Waals surface area contributed by atoms with Crippen molar-refractivity contribution in [3.8, 4) is 45.0 Å². The molecule has 0 aliphatic carbocycles. The highest BCUT2D eigenvalue weighted by atomic mass is 35.5. The van der Waals surface area contributed by atoms with Crippen LogP contribution in [0.1, 0.15) is 20.7 Å². The third-order valence-corrected chi connectivity index (χ3v) is 10.2. The molecule has 0 fully saturated rings. The first-order valence-corrected chi connectivity index (χ1v) is 19.2. The van der Waals surface area contributed by atoms with Gasteiger partial charge < -0.3 is 0 Å². The molecule has 6 nitrogen and oxygen atoms in total.